The first-order valence-corrected chi connectivity index (χ1v) is 9.73. The standard InChI is InChI=1S/C22H24N4O3/c1-2-25(14-17-8-9-20-21(12-17)29-16-28-20)22(27)23-11-10-18-13-24-26(15-18)19-6-4-3-5-7-19/h3-9,12-13,15H,2,10-11,14,16H2,1H3,(H,23,27). The van der Waals surface area contributed by atoms with Gasteiger partial charge in [0.1, 0.15) is 0 Å². The SMILES string of the molecule is CCN(Cc1ccc2c(c1)OCO2)C(=O)NCCc1cnn(-c2ccccc2)c1. The van der Waals surface area contributed by atoms with E-state index in [0.29, 0.717) is 19.6 Å². The lowest BCUT2D eigenvalue weighted by Gasteiger charge is -2.21. The van der Waals surface area contributed by atoms with Gasteiger partial charge in [-0.25, -0.2) is 9.48 Å². The Labute approximate surface area is 169 Å². The summed E-state index contributed by atoms with van der Waals surface area (Å²) in [5.74, 6) is 1.48. The number of carbonyl (C=O) groups is 1. The highest BCUT2D eigenvalue weighted by atomic mass is 16.7. The van der Waals surface area contributed by atoms with E-state index in [-0.39, 0.29) is 12.8 Å². The van der Waals surface area contributed by atoms with Gasteiger partial charge in [0, 0.05) is 25.8 Å². The van der Waals surface area contributed by atoms with E-state index >= 15 is 0 Å². The zero-order valence-corrected chi connectivity index (χ0v) is 16.4. The van der Waals surface area contributed by atoms with E-state index in [2.05, 4.69) is 10.4 Å². The van der Waals surface area contributed by atoms with Gasteiger partial charge in [0.25, 0.3) is 0 Å². The Morgan fingerprint density at radius 2 is 1.97 bits per heavy atom. The minimum atomic E-state index is -0.0828. The summed E-state index contributed by atoms with van der Waals surface area (Å²) < 4.78 is 12.6. The zero-order valence-electron chi connectivity index (χ0n) is 16.4. The van der Waals surface area contributed by atoms with Crippen LogP contribution in [-0.2, 0) is 13.0 Å². The Morgan fingerprint density at radius 3 is 2.79 bits per heavy atom. The molecule has 2 amide bonds. The summed E-state index contributed by atoms with van der Waals surface area (Å²) >= 11 is 0. The van der Waals surface area contributed by atoms with Crippen LogP contribution in [0, 0.1) is 0 Å². The van der Waals surface area contributed by atoms with E-state index in [1.165, 1.54) is 0 Å². The highest BCUT2D eigenvalue weighted by molar-refractivity contribution is 5.74. The minimum absolute atomic E-state index is 0.0828. The third-order valence-corrected chi connectivity index (χ3v) is 4.83. The van der Waals surface area contributed by atoms with Crippen LogP contribution in [-0.4, -0.2) is 40.6 Å². The first kappa shape index (κ1) is 18.9. The van der Waals surface area contributed by atoms with E-state index in [4.69, 9.17) is 9.47 Å². The average molecular weight is 392 g/mol. The maximum Gasteiger partial charge on any atom is 0.317 e. The van der Waals surface area contributed by atoms with Crippen molar-refractivity contribution >= 4 is 6.03 Å². The smallest absolute Gasteiger partial charge is 0.317 e. The third-order valence-electron chi connectivity index (χ3n) is 4.83. The number of carbonyl (C=O) groups excluding carboxylic acids is 1. The first-order chi connectivity index (χ1) is 14.2. The predicted octanol–water partition coefficient (Wildman–Crippen LogP) is 3.38. The fourth-order valence-corrected chi connectivity index (χ4v) is 3.22. The number of nitrogens with zero attached hydrogens (tertiary/aromatic N) is 3. The molecule has 1 aliphatic rings. The normalized spacial score (nSPS) is 12.0. The lowest BCUT2D eigenvalue weighted by atomic mass is 10.2. The van der Waals surface area contributed by atoms with Crippen LogP contribution >= 0.6 is 0 Å². The van der Waals surface area contributed by atoms with Crippen molar-refractivity contribution in [3.8, 4) is 17.2 Å². The van der Waals surface area contributed by atoms with Gasteiger partial charge in [-0.2, -0.15) is 5.10 Å². The highest BCUT2D eigenvalue weighted by Gasteiger charge is 2.16. The molecule has 1 aromatic heterocycles. The maximum absolute atomic E-state index is 12.6. The summed E-state index contributed by atoms with van der Waals surface area (Å²) in [7, 11) is 0. The Morgan fingerprint density at radius 1 is 1.14 bits per heavy atom. The van der Waals surface area contributed by atoms with Gasteiger partial charge in [0.05, 0.1) is 11.9 Å². The molecule has 0 spiro atoms. The maximum atomic E-state index is 12.6. The van der Waals surface area contributed by atoms with E-state index in [0.717, 1.165) is 34.7 Å². The molecule has 1 N–H and O–H groups in total. The number of para-hydroxylation sites is 1. The molecule has 2 heterocycles. The molecule has 29 heavy (non-hydrogen) atoms. The van der Waals surface area contributed by atoms with Crippen molar-refractivity contribution in [3.05, 3.63) is 72.1 Å². The Balaban J connectivity index is 1.29. The summed E-state index contributed by atoms with van der Waals surface area (Å²) in [6.07, 6.45) is 4.55. The van der Waals surface area contributed by atoms with Crippen molar-refractivity contribution in [1.29, 1.82) is 0 Å². The van der Waals surface area contributed by atoms with Crippen LogP contribution in [0.3, 0.4) is 0 Å². The van der Waals surface area contributed by atoms with E-state index in [1.807, 2.05) is 72.5 Å². The summed E-state index contributed by atoms with van der Waals surface area (Å²) in [5, 5.41) is 7.39. The van der Waals surface area contributed by atoms with Crippen molar-refractivity contribution in [2.45, 2.75) is 19.9 Å². The molecule has 0 fully saturated rings. The molecular formula is C22H24N4O3. The molecule has 0 unspecified atom stereocenters. The van der Waals surface area contributed by atoms with Gasteiger partial charge in [0.15, 0.2) is 11.5 Å². The molecule has 0 saturated heterocycles. The number of hydrogen-bond acceptors (Lipinski definition) is 4. The number of nitrogens with one attached hydrogen (secondary N) is 1. The number of benzene rings is 2. The van der Waals surface area contributed by atoms with E-state index in [9.17, 15) is 4.79 Å². The fourth-order valence-electron chi connectivity index (χ4n) is 3.22. The Hall–Kier alpha value is -3.48. The third kappa shape index (κ3) is 4.51. The van der Waals surface area contributed by atoms with Gasteiger partial charge in [-0.3, -0.25) is 0 Å². The van der Waals surface area contributed by atoms with Crippen LogP contribution in [0.5, 0.6) is 11.5 Å². The molecule has 1 aliphatic heterocycles. The molecule has 0 aliphatic carbocycles. The van der Waals surface area contributed by atoms with Crippen molar-refractivity contribution < 1.29 is 14.3 Å². The van der Waals surface area contributed by atoms with Crippen LogP contribution in [0.2, 0.25) is 0 Å². The molecule has 2 aromatic carbocycles. The monoisotopic (exact) mass is 392 g/mol. The molecule has 0 bridgehead atoms. The highest BCUT2D eigenvalue weighted by Crippen LogP contribution is 2.32. The number of aromatic nitrogens is 2. The van der Waals surface area contributed by atoms with E-state index < -0.39 is 0 Å². The van der Waals surface area contributed by atoms with Gasteiger partial charge >= 0.3 is 6.03 Å². The lowest BCUT2D eigenvalue weighted by Crippen LogP contribution is -2.40. The van der Waals surface area contributed by atoms with Gasteiger partial charge in [-0.15, -0.1) is 0 Å². The Kier molecular flexibility index (Phi) is 5.65. The van der Waals surface area contributed by atoms with Crippen molar-refractivity contribution in [3.63, 3.8) is 0 Å². The van der Waals surface area contributed by atoms with Crippen LogP contribution in [0.25, 0.3) is 5.69 Å². The molecule has 150 valence electrons. The minimum Gasteiger partial charge on any atom is -0.454 e. The van der Waals surface area contributed by atoms with E-state index in [1.54, 1.807) is 4.90 Å². The second-order valence-corrected chi connectivity index (χ2v) is 6.81. The van der Waals surface area contributed by atoms with Crippen molar-refractivity contribution in [1.82, 2.24) is 20.0 Å². The molecule has 7 heteroatoms. The van der Waals surface area contributed by atoms with Gasteiger partial charge in [-0.05, 0) is 48.7 Å². The molecule has 0 atom stereocenters. The number of fused-ring (bicyclic) bond motifs is 1. The molecule has 3 aromatic rings. The predicted molar refractivity (Wildman–Crippen MR) is 109 cm³/mol. The van der Waals surface area contributed by atoms with Crippen LogP contribution < -0.4 is 14.8 Å². The largest absolute Gasteiger partial charge is 0.454 e. The van der Waals surface area contributed by atoms with Crippen molar-refractivity contribution in [2.75, 3.05) is 19.9 Å². The summed E-state index contributed by atoms with van der Waals surface area (Å²) in [6.45, 7) is 3.90. The quantitative estimate of drug-likeness (QED) is 0.669. The molecule has 4 rings (SSSR count). The second kappa shape index (κ2) is 8.68. The fraction of sp³-hybridized carbons (Fsp3) is 0.273. The molecule has 0 radical (unpaired) electrons. The zero-order chi connectivity index (χ0) is 20.1. The number of hydrogen-bond donors (Lipinski definition) is 1. The van der Waals surface area contributed by atoms with Gasteiger partial charge in [0.2, 0.25) is 6.79 Å². The van der Waals surface area contributed by atoms with Gasteiger partial charge < -0.3 is 19.7 Å². The van der Waals surface area contributed by atoms with Gasteiger partial charge in [-0.1, -0.05) is 24.3 Å². The summed E-state index contributed by atoms with van der Waals surface area (Å²) in [6, 6.07) is 15.6. The topological polar surface area (TPSA) is 68.6 Å². The molecule has 7 nitrogen and oxygen atoms in total. The second-order valence-electron chi connectivity index (χ2n) is 6.81. The molecule has 0 saturated carbocycles. The van der Waals surface area contributed by atoms with Crippen LogP contribution in [0.1, 0.15) is 18.1 Å². The average Bonchev–Trinajstić information content (AvgIpc) is 3.41. The Bertz CT molecular complexity index is 971. The number of urea groups is 1. The van der Waals surface area contributed by atoms with Crippen molar-refractivity contribution in [2.24, 2.45) is 0 Å². The number of amides is 2. The number of ether oxygens (including phenoxy) is 2. The number of rotatable bonds is 7. The first-order valence-electron chi connectivity index (χ1n) is 9.73. The molecular weight excluding hydrogens is 368 g/mol. The van der Waals surface area contributed by atoms with Crippen LogP contribution in [0.15, 0.2) is 60.9 Å². The van der Waals surface area contributed by atoms with Crippen LogP contribution in [0.4, 0.5) is 4.79 Å². The summed E-state index contributed by atoms with van der Waals surface area (Å²) in [5.41, 5.74) is 3.10. The summed E-state index contributed by atoms with van der Waals surface area (Å²) in [4.78, 5) is 14.3. The lowest BCUT2D eigenvalue weighted by molar-refractivity contribution is 0.173.